The quantitative estimate of drug-likeness (QED) is 0.304. The number of halogens is 3. The topological polar surface area (TPSA) is 149 Å². The third-order valence-electron chi connectivity index (χ3n) is 7.20. The van der Waals surface area contributed by atoms with Crippen LogP contribution in [0.4, 0.5) is 18.9 Å². The van der Waals surface area contributed by atoms with Crippen molar-refractivity contribution in [2.45, 2.75) is 37.0 Å². The molecule has 0 aliphatic carbocycles. The number of hydrogen-bond acceptors (Lipinski definition) is 8. The molecule has 2 heterocycles. The van der Waals surface area contributed by atoms with Gasteiger partial charge in [0.15, 0.2) is 9.84 Å². The van der Waals surface area contributed by atoms with E-state index in [2.05, 4.69) is 27.5 Å². The predicted octanol–water partition coefficient (Wildman–Crippen LogP) is 2.40. The van der Waals surface area contributed by atoms with Crippen molar-refractivity contribution in [3.8, 4) is 17.6 Å². The van der Waals surface area contributed by atoms with E-state index in [-0.39, 0.29) is 52.1 Å². The molecule has 1 aromatic heterocycles. The molecule has 3 aromatic rings. The average molecular weight is 635 g/mol. The van der Waals surface area contributed by atoms with E-state index in [0.29, 0.717) is 30.9 Å². The normalized spacial score (nSPS) is 17.5. The number of primary amides is 1. The number of methoxy groups -OCH3 is 1. The van der Waals surface area contributed by atoms with Crippen LogP contribution >= 0.6 is 0 Å². The summed E-state index contributed by atoms with van der Waals surface area (Å²) in [5.41, 5.74) is 6.26. The Morgan fingerprint density at radius 2 is 1.98 bits per heavy atom. The van der Waals surface area contributed by atoms with E-state index in [1.807, 2.05) is 11.8 Å². The van der Waals surface area contributed by atoms with Crippen LogP contribution in [-0.2, 0) is 21.2 Å². The van der Waals surface area contributed by atoms with E-state index in [9.17, 15) is 31.2 Å². The number of hydrogen-bond donors (Lipinski definition) is 3. The van der Waals surface area contributed by atoms with Crippen molar-refractivity contribution in [3.63, 3.8) is 0 Å². The molecule has 4 N–H and O–H groups in total. The first-order chi connectivity index (χ1) is 20.6. The Hall–Kier alpha value is -4.29. The van der Waals surface area contributed by atoms with E-state index in [0.717, 1.165) is 17.2 Å². The van der Waals surface area contributed by atoms with Crippen LogP contribution < -0.4 is 21.1 Å². The fraction of sp³-hybridized carbons (Fsp3) is 0.414. The number of anilines is 1. The van der Waals surface area contributed by atoms with Gasteiger partial charge in [-0.15, -0.1) is 0 Å². The van der Waals surface area contributed by atoms with Gasteiger partial charge in [0.1, 0.15) is 17.8 Å². The molecule has 0 bridgehead atoms. The highest BCUT2D eigenvalue weighted by Crippen LogP contribution is 2.28. The number of carbonyl (C=O) groups excluding carboxylic acids is 2. The maximum Gasteiger partial charge on any atom is 0.406 e. The lowest BCUT2D eigenvalue weighted by atomic mass is 9.93. The van der Waals surface area contributed by atoms with Crippen LogP contribution in [0.2, 0.25) is 0 Å². The highest BCUT2D eigenvalue weighted by molar-refractivity contribution is 7.90. The standard InChI is InChI=1S/C29H33F3N6O5S/c1-18-14-37(15-26(33)39)10-8-22(18)36-28(40)21-11-19(12-24-27(21)35-17-38(24)16-29(30,31)32)5-4-9-34-23-13-20(44(3,41)42)6-7-25(23)43-2/h6-7,11-13,17-18,22,34H,8-10,14-16H2,1-3H3,(H2,33,39)(H,36,40)/t18-,22-/m0/s1. The minimum absolute atomic E-state index is 0.0161. The summed E-state index contributed by atoms with van der Waals surface area (Å²) in [6.07, 6.45) is -1.84. The van der Waals surface area contributed by atoms with E-state index >= 15 is 0 Å². The highest BCUT2D eigenvalue weighted by atomic mass is 32.2. The molecule has 2 amide bonds. The number of benzene rings is 2. The number of nitrogens with one attached hydrogen (secondary N) is 2. The number of likely N-dealkylation sites (tertiary alicyclic amines) is 1. The molecular weight excluding hydrogens is 601 g/mol. The lowest BCUT2D eigenvalue weighted by Gasteiger charge is -2.36. The molecule has 2 aromatic carbocycles. The number of piperidine rings is 1. The first kappa shape index (κ1) is 32.6. The SMILES string of the molecule is COc1ccc(S(C)(=O)=O)cc1NCC#Cc1cc(C(=O)N[C@H]2CCN(CC(N)=O)C[C@@H]2C)c2ncn(CC(F)(F)F)c2c1. The number of fused-ring (bicyclic) bond motifs is 1. The summed E-state index contributed by atoms with van der Waals surface area (Å²) in [6, 6.07) is 7.02. The molecule has 2 atom stereocenters. The molecule has 44 heavy (non-hydrogen) atoms. The number of amides is 2. The second-order valence-electron chi connectivity index (χ2n) is 10.7. The zero-order chi connectivity index (χ0) is 32.2. The lowest BCUT2D eigenvalue weighted by Crippen LogP contribution is -2.51. The molecular formula is C29H33F3N6O5S. The minimum atomic E-state index is -4.52. The van der Waals surface area contributed by atoms with Gasteiger partial charge in [0.05, 0.1) is 48.2 Å². The summed E-state index contributed by atoms with van der Waals surface area (Å²) >= 11 is 0. The Balaban J connectivity index is 1.60. The predicted molar refractivity (Wildman–Crippen MR) is 158 cm³/mol. The summed E-state index contributed by atoms with van der Waals surface area (Å²) in [5.74, 6) is 5.18. The van der Waals surface area contributed by atoms with Gasteiger partial charge in [0, 0.05) is 31.0 Å². The molecule has 1 aliphatic rings. The van der Waals surface area contributed by atoms with E-state index in [1.165, 1.54) is 37.4 Å². The van der Waals surface area contributed by atoms with Crippen LogP contribution in [0.15, 0.2) is 41.6 Å². The Labute approximate surface area is 252 Å². The maximum atomic E-state index is 13.5. The lowest BCUT2D eigenvalue weighted by molar-refractivity contribution is -0.140. The zero-order valence-electron chi connectivity index (χ0n) is 24.4. The Morgan fingerprint density at radius 3 is 2.61 bits per heavy atom. The average Bonchev–Trinajstić information content (AvgIpc) is 3.32. The van der Waals surface area contributed by atoms with Gasteiger partial charge in [0.2, 0.25) is 5.91 Å². The number of aromatic nitrogens is 2. The van der Waals surface area contributed by atoms with Crippen LogP contribution in [0, 0.1) is 17.8 Å². The molecule has 0 saturated carbocycles. The number of carbonyl (C=O) groups is 2. The van der Waals surface area contributed by atoms with Crippen LogP contribution in [0.5, 0.6) is 5.75 Å². The molecule has 0 radical (unpaired) electrons. The first-order valence-electron chi connectivity index (χ1n) is 13.6. The van der Waals surface area contributed by atoms with Gasteiger partial charge in [-0.1, -0.05) is 18.8 Å². The number of sulfone groups is 1. The van der Waals surface area contributed by atoms with Crippen LogP contribution in [0.3, 0.4) is 0 Å². The summed E-state index contributed by atoms with van der Waals surface area (Å²) in [4.78, 5) is 30.9. The van der Waals surface area contributed by atoms with E-state index < -0.39 is 34.4 Å². The van der Waals surface area contributed by atoms with Crippen molar-refractivity contribution in [2.24, 2.45) is 11.7 Å². The maximum absolute atomic E-state index is 13.5. The van der Waals surface area contributed by atoms with Crippen molar-refractivity contribution in [3.05, 3.63) is 47.8 Å². The number of rotatable bonds is 9. The summed E-state index contributed by atoms with van der Waals surface area (Å²) < 4.78 is 70.0. The highest BCUT2D eigenvalue weighted by Gasteiger charge is 2.31. The van der Waals surface area contributed by atoms with Gasteiger partial charge in [-0.2, -0.15) is 13.2 Å². The number of nitrogens with zero attached hydrogens (tertiary/aromatic N) is 3. The molecule has 1 aliphatic heterocycles. The zero-order valence-corrected chi connectivity index (χ0v) is 25.2. The first-order valence-corrected chi connectivity index (χ1v) is 15.5. The second kappa shape index (κ2) is 13.1. The smallest absolute Gasteiger partial charge is 0.406 e. The number of ether oxygens (including phenoxy) is 1. The Bertz CT molecular complexity index is 1730. The molecule has 11 nitrogen and oxygen atoms in total. The van der Waals surface area contributed by atoms with Crippen molar-refractivity contribution >= 4 is 38.4 Å². The second-order valence-corrected chi connectivity index (χ2v) is 12.7. The number of nitrogens with two attached hydrogens (primary N) is 1. The summed E-state index contributed by atoms with van der Waals surface area (Å²) in [7, 11) is -2.04. The van der Waals surface area contributed by atoms with Gasteiger partial charge >= 0.3 is 6.18 Å². The van der Waals surface area contributed by atoms with E-state index in [1.54, 1.807) is 0 Å². The van der Waals surface area contributed by atoms with Gasteiger partial charge in [-0.05, 0) is 42.7 Å². The summed E-state index contributed by atoms with van der Waals surface area (Å²) in [5, 5.41) is 5.97. The molecule has 4 rings (SSSR count). The minimum Gasteiger partial charge on any atom is -0.495 e. The molecule has 0 spiro atoms. The van der Waals surface area contributed by atoms with Crippen molar-refractivity contribution in [1.29, 1.82) is 0 Å². The van der Waals surface area contributed by atoms with Crippen LogP contribution in [0.1, 0.15) is 29.3 Å². The fourth-order valence-electron chi connectivity index (χ4n) is 5.13. The van der Waals surface area contributed by atoms with Crippen LogP contribution in [-0.4, -0.2) is 86.4 Å². The van der Waals surface area contributed by atoms with Crippen molar-refractivity contribution in [1.82, 2.24) is 19.8 Å². The molecule has 0 unspecified atom stereocenters. The fourth-order valence-corrected chi connectivity index (χ4v) is 5.77. The third-order valence-corrected chi connectivity index (χ3v) is 8.31. The van der Waals surface area contributed by atoms with Gasteiger partial charge in [-0.25, -0.2) is 13.4 Å². The monoisotopic (exact) mass is 634 g/mol. The van der Waals surface area contributed by atoms with Gasteiger partial charge < -0.3 is 25.7 Å². The molecule has 1 saturated heterocycles. The number of alkyl halides is 3. The van der Waals surface area contributed by atoms with E-state index in [4.69, 9.17) is 10.5 Å². The van der Waals surface area contributed by atoms with Gasteiger partial charge in [-0.3, -0.25) is 14.5 Å². The molecule has 236 valence electrons. The van der Waals surface area contributed by atoms with Crippen molar-refractivity contribution < 1.29 is 35.9 Å². The third kappa shape index (κ3) is 8.20. The van der Waals surface area contributed by atoms with Crippen LogP contribution in [0.25, 0.3) is 11.0 Å². The Kier molecular flexibility index (Phi) is 9.75. The van der Waals surface area contributed by atoms with Crippen molar-refractivity contribution in [2.75, 3.05) is 44.9 Å². The van der Waals surface area contributed by atoms with Gasteiger partial charge in [0.25, 0.3) is 5.91 Å². The largest absolute Gasteiger partial charge is 0.495 e. The molecule has 15 heteroatoms. The molecule has 1 fully saturated rings. The number of imidazole rings is 1. The summed E-state index contributed by atoms with van der Waals surface area (Å²) in [6.45, 7) is 1.88. The Morgan fingerprint density at radius 1 is 1.23 bits per heavy atom.